The second-order valence-electron chi connectivity index (χ2n) is 2.67. The Hall–Kier alpha value is -0.660. The molecule has 0 saturated heterocycles. The summed E-state index contributed by atoms with van der Waals surface area (Å²) in [4.78, 5) is 0. The second-order valence-corrected chi connectivity index (χ2v) is 2.67. The first-order valence-corrected chi connectivity index (χ1v) is 4.36. The number of rotatable bonds is 5. The third-order valence-electron chi connectivity index (χ3n) is 1.34. The highest BCUT2D eigenvalue weighted by Crippen LogP contribution is 1.91. The van der Waals surface area contributed by atoms with Crippen LogP contribution < -0.4 is 0 Å². The molecule has 0 fully saturated rings. The van der Waals surface area contributed by atoms with Gasteiger partial charge in [-0.05, 0) is 19.8 Å². The number of unbranched alkanes of at least 4 members (excludes halogenated alkanes) is 1. The van der Waals surface area contributed by atoms with Crippen LogP contribution in [0.4, 0.5) is 0 Å². The normalized spacial score (nSPS) is 12.8. The highest BCUT2D eigenvalue weighted by atomic mass is 15.2. The van der Waals surface area contributed by atoms with Crippen molar-refractivity contribution in [3.8, 4) is 0 Å². The summed E-state index contributed by atoms with van der Waals surface area (Å²) < 4.78 is 0. The lowest BCUT2D eigenvalue weighted by molar-refractivity contribution is 0.971. The van der Waals surface area contributed by atoms with Crippen molar-refractivity contribution in [1.29, 1.82) is 0 Å². The first-order chi connectivity index (χ1) is 5.31. The van der Waals surface area contributed by atoms with Crippen molar-refractivity contribution in [2.24, 2.45) is 10.2 Å². The van der Waals surface area contributed by atoms with Crippen molar-refractivity contribution in [1.82, 2.24) is 0 Å². The van der Waals surface area contributed by atoms with Gasteiger partial charge in [0.2, 0.25) is 0 Å². The predicted octanol–water partition coefficient (Wildman–Crippen LogP) is 3.03. The SMILES string of the molecule is CCCC=NN=C(C)CCC. The van der Waals surface area contributed by atoms with Crippen molar-refractivity contribution >= 4 is 11.9 Å². The fourth-order valence-electron chi connectivity index (χ4n) is 0.738. The minimum absolute atomic E-state index is 1.03. The molecule has 0 rings (SSSR count). The van der Waals surface area contributed by atoms with E-state index in [2.05, 4.69) is 24.1 Å². The third kappa shape index (κ3) is 7.23. The van der Waals surface area contributed by atoms with E-state index in [-0.39, 0.29) is 0 Å². The topological polar surface area (TPSA) is 24.7 Å². The van der Waals surface area contributed by atoms with Gasteiger partial charge in [0.25, 0.3) is 0 Å². The lowest BCUT2D eigenvalue weighted by Crippen LogP contribution is -1.87. The average molecular weight is 154 g/mol. The van der Waals surface area contributed by atoms with Crippen LogP contribution in [0.25, 0.3) is 0 Å². The predicted molar refractivity (Wildman–Crippen MR) is 51.4 cm³/mol. The lowest BCUT2D eigenvalue weighted by Gasteiger charge is -1.90. The van der Waals surface area contributed by atoms with Crippen molar-refractivity contribution in [2.75, 3.05) is 0 Å². The van der Waals surface area contributed by atoms with Crippen LogP contribution in [0, 0.1) is 0 Å². The largest absolute Gasteiger partial charge is 0.164 e. The van der Waals surface area contributed by atoms with E-state index in [0.29, 0.717) is 0 Å². The maximum Gasteiger partial charge on any atom is 0.0374 e. The van der Waals surface area contributed by atoms with Crippen LogP contribution in [0.15, 0.2) is 10.2 Å². The summed E-state index contributed by atoms with van der Waals surface area (Å²) in [7, 11) is 0. The molecule has 0 unspecified atom stereocenters. The van der Waals surface area contributed by atoms with Crippen LogP contribution in [0.3, 0.4) is 0 Å². The zero-order valence-electron chi connectivity index (χ0n) is 7.80. The molecule has 0 amide bonds. The van der Waals surface area contributed by atoms with Crippen LogP contribution >= 0.6 is 0 Å². The lowest BCUT2D eigenvalue weighted by atomic mass is 10.2. The monoisotopic (exact) mass is 154 g/mol. The molecule has 2 heteroatoms. The summed E-state index contributed by atoms with van der Waals surface area (Å²) in [5.74, 6) is 0. The average Bonchev–Trinajstić information content (AvgIpc) is 1.99. The van der Waals surface area contributed by atoms with Gasteiger partial charge >= 0.3 is 0 Å². The summed E-state index contributed by atoms with van der Waals surface area (Å²) in [6.07, 6.45) is 6.26. The summed E-state index contributed by atoms with van der Waals surface area (Å²) in [5, 5.41) is 7.98. The van der Waals surface area contributed by atoms with Crippen molar-refractivity contribution < 1.29 is 0 Å². The van der Waals surface area contributed by atoms with E-state index >= 15 is 0 Å². The molecular weight excluding hydrogens is 136 g/mol. The van der Waals surface area contributed by atoms with Crippen LogP contribution in [-0.4, -0.2) is 11.9 Å². The molecule has 0 N–H and O–H groups in total. The number of hydrogen-bond acceptors (Lipinski definition) is 2. The Morgan fingerprint density at radius 3 is 2.55 bits per heavy atom. The molecule has 0 bridgehead atoms. The van der Waals surface area contributed by atoms with Gasteiger partial charge in [0, 0.05) is 11.9 Å². The third-order valence-corrected chi connectivity index (χ3v) is 1.34. The van der Waals surface area contributed by atoms with Gasteiger partial charge < -0.3 is 0 Å². The molecule has 0 aliphatic carbocycles. The van der Waals surface area contributed by atoms with Crippen LogP contribution in [0.2, 0.25) is 0 Å². The molecule has 0 aliphatic rings. The van der Waals surface area contributed by atoms with E-state index in [0.717, 1.165) is 31.4 Å². The van der Waals surface area contributed by atoms with Crippen LogP contribution in [0.1, 0.15) is 46.5 Å². The number of nitrogens with zero attached hydrogens (tertiary/aromatic N) is 2. The van der Waals surface area contributed by atoms with Gasteiger partial charge in [0.1, 0.15) is 0 Å². The Morgan fingerprint density at radius 1 is 1.27 bits per heavy atom. The number of hydrogen-bond donors (Lipinski definition) is 0. The summed E-state index contributed by atoms with van der Waals surface area (Å²) in [6, 6.07) is 0. The molecular formula is C9H18N2. The maximum atomic E-state index is 4.04. The van der Waals surface area contributed by atoms with Crippen molar-refractivity contribution in [3.63, 3.8) is 0 Å². The molecule has 0 aromatic carbocycles. The molecule has 2 nitrogen and oxygen atoms in total. The zero-order chi connectivity index (χ0) is 8.53. The first kappa shape index (κ1) is 10.3. The van der Waals surface area contributed by atoms with Crippen molar-refractivity contribution in [3.05, 3.63) is 0 Å². The Kier molecular flexibility index (Phi) is 7.00. The Balaban J connectivity index is 3.53. The maximum absolute atomic E-state index is 4.04. The highest BCUT2D eigenvalue weighted by molar-refractivity contribution is 5.82. The quantitative estimate of drug-likeness (QED) is 0.429. The summed E-state index contributed by atoms with van der Waals surface area (Å²) >= 11 is 0. The van der Waals surface area contributed by atoms with Gasteiger partial charge in [-0.3, -0.25) is 0 Å². The summed E-state index contributed by atoms with van der Waals surface area (Å²) in [6.45, 7) is 6.30. The fraction of sp³-hybridized carbons (Fsp3) is 0.778. The molecule has 0 radical (unpaired) electrons. The highest BCUT2D eigenvalue weighted by Gasteiger charge is 1.85. The van der Waals surface area contributed by atoms with E-state index in [4.69, 9.17) is 0 Å². The van der Waals surface area contributed by atoms with Gasteiger partial charge in [-0.15, -0.1) is 0 Å². The molecule has 0 aliphatic heterocycles. The molecule has 64 valence electrons. The Bertz CT molecular complexity index is 136. The molecule has 0 aromatic heterocycles. The van der Waals surface area contributed by atoms with E-state index in [1.54, 1.807) is 0 Å². The standard InChI is InChI=1S/C9H18N2/c1-4-6-8-10-11-9(3)7-5-2/h8H,4-7H2,1-3H3. The Morgan fingerprint density at radius 2 is 2.00 bits per heavy atom. The van der Waals surface area contributed by atoms with Gasteiger partial charge in [-0.1, -0.05) is 26.7 Å². The molecule has 0 spiro atoms. The minimum Gasteiger partial charge on any atom is -0.164 e. The molecule has 11 heavy (non-hydrogen) atoms. The Labute approximate surface area is 69.4 Å². The molecule has 0 aromatic rings. The minimum atomic E-state index is 1.03. The van der Waals surface area contributed by atoms with Crippen molar-refractivity contribution in [2.45, 2.75) is 46.5 Å². The van der Waals surface area contributed by atoms with Gasteiger partial charge in [0.15, 0.2) is 0 Å². The van der Waals surface area contributed by atoms with Gasteiger partial charge in [-0.2, -0.15) is 10.2 Å². The van der Waals surface area contributed by atoms with Crippen LogP contribution in [-0.2, 0) is 0 Å². The fourth-order valence-corrected chi connectivity index (χ4v) is 0.738. The smallest absolute Gasteiger partial charge is 0.0374 e. The van der Waals surface area contributed by atoms with Gasteiger partial charge in [0.05, 0.1) is 0 Å². The van der Waals surface area contributed by atoms with E-state index in [1.165, 1.54) is 0 Å². The van der Waals surface area contributed by atoms with E-state index in [9.17, 15) is 0 Å². The zero-order valence-corrected chi connectivity index (χ0v) is 7.80. The van der Waals surface area contributed by atoms with E-state index in [1.807, 2.05) is 13.1 Å². The van der Waals surface area contributed by atoms with Gasteiger partial charge in [-0.25, -0.2) is 0 Å². The molecule has 0 saturated carbocycles. The summed E-state index contributed by atoms with van der Waals surface area (Å²) in [5.41, 5.74) is 1.12. The second kappa shape index (κ2) is 7.45. The molecule has 0 heterocycles. The first-order valence-electron chi connectivity index (χ1n) is 4.36. The van der Waals surface area contributed by atoms with E-state index < -0.39 is 0 Å². The van der Waals surface area contributed by atoms with Crippen LogP contribution in [0.5, 0.6) is 0 Å². The molecule has 0 atom stereocenters.